The standard InChI is InChI=1S/C9H19NO2/c1-6(2)8(12)10-9(4,5)7(3)11/h6-7,11H,1-5H3,(H,10,12). The Morgan fingerprint density at radius 2 is 1.75 bits per heavy atom. The second-order valence-electron chi connectivity index (χ2n) is 4.04. The first-order valence-corrected chi connectivity index (χ1v) is 4.27. The largest absolute Gasteiger partial charge is 0.391 e. The lowest BCUT2D eigenvalue weighted by atomic mass is 9.98. The number of hydrogen-bond donors (Lipinski definition) is 2. The molecule has 0 aliphatic carbocycles. The van der Waals surface area contributed by atoms with Crippen molar-refractivity contribution in [3.8, 4) is 0 Å². The second-order valence-corrected chi connectivity index (χ2v) is 4.04. The van der Waals surface area contributed by atoms with Gasteiger partial charge in [-0.25, -0.2) is 0 Å². The summed E-state index contributed by atoms with van der Waals surface area (Å²) < 4.78 is 0. The van der Waals surface area contributed by atoms with Gasteiger partial charge in [-0.3, -0.25) is 4.79 Å². The molecule has 0 aromatic heterocycles. The number of carbonyl (C=O) groups is 1. The van der Waals surface area contributed by atoms with Crippen LogP contribution in [0.5, 0.6) is 0 Å². The fourth-order valence-electron chi connectivity index (χ4n) is 0.566. The van der Waals surface area contributed by atoms with E-state index in [-0.39, 0.29) is 11.8 Å². The van der Waals surface area contributed by atoms with Crippen LogP contribution < -0.4 is 5.32 Å². The third-order valence-electron chi connectivity index (χ3n) is 2.01. The van der Waals surface area contributed by atoms with Crippen LogP contribution in [-0.2, 0) is 4.79 Å². The molecular weight excluding hydrogens is 154 g/mol. The van der Waals surface area contributed by atoms with E-state index in [2.05, 4.69) is 5.32 Å². The number of rotatable bonds is 3. The zero-order valence-corrected chi connectivity index (χ0v) is 8.51. The molecule has 0 aliphatic heterocycles. The number of carbonyl (C=O) groups excluding carboxylic acids is 1. The minimum absolute atomic E-state index is 0.0269. The van der Waals surface area contributed by atoms with Crippen LogP contribution in [0.4, 0.5) is 0 Å². The van der Waals surface area contributed by atoms with Crippen molar-refractivity contribution < 1.29 is 9.90 Å². The number of nitrogens with one attached hydrogen (secondary N) is 1. The third kappa shape index (κ3) is 3.22. The predicted molar refractivity (Wildman–Crippen MR) is 48.7 cm³/mol. The maximum Gasteiger partial charge on any atom is 0.223 e. The molecule has 0 aliphatic rings. The first-order chi connectivity index (χ1) is 5.27. The normalized spacial score (nSPS) is 14.6. The van der Waals surface area contributed by atoms with Crippen molar-refractivity contribution in [2.45, 2.75) is 46.3 Å². The number of hydrogen-bond acceptors (Lipinski definition) is 2. The Kier molecular flexibility index (Phi) is 3.71. The third-order valence-corrected chi connectivity index (χ3v) is 2.01. The Morgan fingerprint density at radius 1 is 1.33 bits per heavy atom. The second kappa shape index (κ2) is 3.90. The van der Waals surface area contributed by atoms with Crippen molar-refractivity contribution in [1.82, 2.24) is 5.32 Å². The van der Waals surface area contributed by atoms with Crippen molar-refractivity contribution in [1.29, 1.82) is 0 Å². The molecule has 0 fully saturated rings. The zero-order chi connectivity index (χ0) is 9.94. The number of aliphatic hydroxyl groups excluding tert-OH is 1. The highest BCUT2D eigenvalue weighted by Crippen LogP contribution is 2.09. The number of amides is 1. The van der Waals surface area contributed by atoms with E-state index in [4.69, 9.17) is 0 Å². The summed E-state index contributed by atoms with van der Waals surface area (Å²) in [5.74, 6) is -0.0658. The van der Waals surface area contributed by atoms with Crippen molar-refractivity contribution in [2.75, 3.05) is 0 Å². The van der Waals surface area contributed by atoms with E-state index in [0.717, 1.165) is 0 Å². The smallest absolute Gasteiger partial charge is 0.223 e. The van der Waals surface area contributed by atoms with E-state index >= 15 is 0 Å². The molecule has 0 saturated carbocycles. The Morgan fingerprint density at radius 3 is 2.00 bits per heavy atom. The molecular formula is C9H19NO2. The Hall–Kier alpha value is -0.570. The summed E-state index contributed by atoms with van der Waals surface area (Å²) in [5.41, 5.74) is -0.540. The monoisotopic (exact) mass is 173 g/mol. The van der Waals surface area contributed by atoms with Gasteiger partial charge in [-0.05, 0) is 20.8 Å². The number of aliphatic hydroxyl groups is 1. The summed E-state index contributed by atoms with van der Waals surface area (Å²) in [6.07, 6.45) is -0.541. The van der Waals surface area contributed by atoms with Gasteiger partial charge in [0.2, 0.25) is 5.91 Å². The molecule has 0 aromatic rings. The maximum atomic E-state index is 11.2. The predicted octanol–water partition coefficient (Wildman–Crippen LogP) is 0.918. The highest BCUT2D eigenvalue weighted by atomic mass is 16.3. The molecule has 1 unspecified atom stereocenters. The molecule has 2 N–H and O–H groups in total. The van der Waals surface area contributed by atoms with E-state index < -0.39 is 11.6 Å². The lowest BCUT2D eigenvalue weighted by molar-refractivity contribution is -0.126. The summed E-state index contributed by atoms with van der Waals surface area (Å²) in [7, 11) is 0. The molecule has 0 radical (unpaired) electrons. The maximum absolute atomic E-state index is 11.2. The molecule has 1 atom stereocenters. The SMILES string of the molecule is CC(C)C(=O)NC(C)(C)C(C)O. The molecule has 0 saturated heterocycles. The van der Waals surface area contributed by atoms with Crippen LogP contribution >= 0.6 is 0 Å². The Labute approximate surface area is 74.2 Å². The van der Waals surface area contributed by atoms with E-state index in [1.807, 2.05) is 13.8 Å². The molecule has 72 valence electrons. The van der Waals surface area contributed by atoms with Gasteiger partial charge < -0.3 is 10.4 Å². The summed E-state index contributed by atoms with van der Waals surface area (Å²) >= 11 is 0. The minimum Gasteiger partial charge on any atom is -0.391 e. The topological polar surface area (TPSA) is 49.3 Å². The van der Waals surface area contributed by atoms with Crippen molar-refractivity contribution >= 4 is 5.91 Å². The summed E-state index contributed by atoms with van der Waals surface area (Å²) in [6, 6.07) is 0. The molecule has 3 nitrogen and oxygen atoms in total. The van der Waals surface area contributed by atoms with Crippen LogP contribution in [0, 0.1) is 5.92 Å². The average Bonchev–Trinajstić information content (AvgIpc) is 1.85. The van der Waals surface area contributed by atoms with Gasteiger partial charge in [-0.15, -0.1) is 0 Å². The van der Waals surface area contributed by atoms with Crippen LogP contribution in [-0.4, -0.2) is 22.7 Å². The molecule has 12 heavy (non-hydrogen) atoms. The summed E-state index contributed by atoms with van der Waals surface area (Å²) in [5, 5.41) is 12.1. The Balaban J connectivity index is 4.15. The first kappa shape index (κ1) is 11.4. The van der Waals surface area contributed by atoms with Gasteiger partial charge >= 0.3 is 0 Å². The van der Waals surface area contributed by atoms with Crippen molar-refractivity contribution in [2.24, 2.45) is 5.92 Å². The lowest BCUT2D eigenvalue weighted by Gasteiger charge is -2.30. The van der Waals surface area contributed by atoms with Gasteiger partial charge in [0.05, 0.1) is 11.6 Å². The molecule has 0 rings (SSSR count). The van der Waals surface area contributed by atoms with E-state index in [1.54, 1.807) is 20.8 Å². The average molecular weight is 173 g/mol. The van der Waals surface area contributed by atoms with E-state index in [0.29, 0.717) is 0 Å². The van der Waals surface area contributed by atoms with Crippen LogP contribution in [0.3, 0.4) is 0 Å². The van der Waals surface area contributed by atoms with Gasteiger partial charge in [-0.2, -0.15) is 0 Å². The van der Waals surface area contributed by atoms with E-state index in [1.165, 1.54) is 0 Å². The quantitative estimate of drug-likeness (QED) is 0.666. The van der Waals surface area contributed by atoms with E-state index in [9.17, 15) is 9.90 Å². The van der Waals surface area contributed by atoms with Gasteiger partial charge in [-0.1, -0.05) is 13.8 Å². The molecule has 0 heterocycles. The minimum atomic E-state index is -0.541. The molecule has 1 amide bonds. The fraction of sp³-hybridized carbons (Fsp3) is 0.889. The molecule has 0 spiro atoms. The first-order valence-electron chi connectivity index (χ1n) is 4.27. The summed E-state index contributed by atoms with van der Waals surface area (Å²) in [4.78, 5) is 11.2. The van der Waals surface area contributed by atoms with Crippen LogP contribution in [0.15, 0.2) is 0 Å². The van der Waals surface area contributed by atoms with Crippen LogP contribution in [0.1, 0.15) is 34.6 Å². The summed E-state index contributed by atoms with van der Waals surface area (Å²) in [6.45, 7) is 8.93. The Bertz CT molecular complexity index is 162. The highest BCUT2D eigenvalue weighted by Gasteiger charge is 2.26. The molecule has 0 aromatic carbocycles. The van der Waals surface area contributed by atoms with Gasteiger partial charge in [0.15, 0.2) is 0 Å². The van der Waals surface area contributed by atoms with Gasteiger partial charge in [0.1, 0.15) is 0 Å². The zero-order valence-electron chi connectivity index (χ0n) is 8.51. The van der Waals surface area contributed by atoms with Gasteiger partial charge in [0.25, 0.3) is 0 Å². The van der Waals surface area contributed by atoms with Crippen molar-refractivity contribution in [3.63, 3.8) is 0 Å². The van der Waals surface area contributed by atoms with Gasteiger partial charge in [0, 0.05) is 5.92 Å². The van der Waals surface area contributed by atoms with Crippen LogP contribution in [0.2, 0.25) is 0 Å². The van der Waals surface area contributed by atoms with Crippen molar-refractivity contribution in [3.05, 3.63) is 0 Å². The van der Waals surface area contributed by atoms with Crippen LogP contribution in [0.25, 0.3) is 0 Å². The highest BCUT2D eigenvalue weighted by molar-refractivity contribution is 5.78. The lowest BCUT2D eigenvalue weighted by Crippen LogP contribution is -2.52. The molecule has 0 bridgehead atoms. The molecule has 3 heteroatoms. The fourth-order valence-corrected chi connectivity index (χ4v) is 0.566.